The standard InChI is InChI=1S/2C8H16.C8H18.C7H16.C5H9F3O.C5H9F3.CH4/c2*1-7(2,3)8(4)5-6-8;1-7(2,3)8(4,5)6;1-6(2)7(3,4)5;1-4(2,3)9-5(6,7)8;1-4(2,3)5(6,7)8;/h2*5-6H2,1-4H3;1-6H3;6H,1-5H3;1-3H3;1-3H3;1H4. The molecule has 0 unspecified atom stereocenters. The third kappa shape index (κ3) is 29.8. The smallest absolute Gasteiger partial charge is 0.286 e. The number of ether oxygens (including phenoxy) is 1. The van der Waals surface area contributed by atoms with Gasteiger partial charge in [0.25, 0.3) is 0 Å². The topological polar surface area (TPSA) is 9.23 Å². The minimum Gasteiger partial charge on any atom is -0.286 e. The Hall–Kier alpha value is -0.460. The van der Waals surface area contributed by atoms with Crippen LogP contribution in [0.2, 0.25) is 0 Å². The van der Waals surface area contributed by atoms with Crippen molar-refractivity contribution in [2.45, 2.75) is 224 Å². The van der Waals surface area contributed by atoms with Gasteiger partial charge in [-0.1, -0.05) is 160 Å². The first-order valence-corrected chi connectivity index (χ1v) is 17.9. The van der Waals surface area contributed by atoms with Gasteiger partial charge in [0.1, 0.15) is 0 Å². The molecule has 0 saturated heterocycles. The number of hydrogen-bond acceptors (Lipinski definition) is 1. The van der Waals surface area contributed by atoms with Gasteiger partial charge >= 0.3 is 12.5 Å². The molecule has 0 aromatic heterocycles. The van der Waals surface area contributed by atoms with Crippen molar-refractivity contribution in [1.29, 1.82) is 0 Å². The van der Waals surface area contributed by atoms with Gasteiger partial charge in [0.15, 0.2) is 0 Å². The zero-order valence-corrected chi connectivity index (χ0v) is 36.6. The molecule has 304 valence electrons. The summed E-state index contributed by atoms with van der Waals surface area (Å²) in [6.07, 6.45) is -2.81. The molecule has 2 aliphatic rings. The maximum absolute atomic E-state index is 11.6. The van der Waals surface area contributed by atoms with Crippen LogP contribution in [0.5, 0.6) is 0 Å². The molecule has 2 saturated carbocycles. The summed E-state index contributed by atoms with van der Waals surface area (Å²) in [5.74, 6) is 0.799. The van der Waals surface area contributed by atoms with Gasteiger partial charge in [0.2, 0.25) is 0 Å². The van der Waals surface area contributed by atoms with Crippen LogP contribution in [-0.4, -0.2) is 18.1 Å². The van der Waals surface area contributed by atoms with E-state index in [0.717, 1.165) is 26.7 Å². The van der Waals surface area contributed by atoms with Crippen LogP contribution in [-0.2, 0) is 4.74 Å². The molecule has 0 aromatic carbocycles. The Morgan fingerprint density at radius 1 is 0.449 bits per heavy atom. The average Bonchev–Trinajstić information content (AvgIpc) is 3.61. The first-order chi connectivity index (χ1) is 20.1. The molecule has 0 spiro atoms. The first-order valence-electron chi connectivity index (χ1n) is 17.9. The van der Waals surface area contributed by atoms with E-state index in [1.165, 1.54) is 46.5 Å². The highest BCUT2D eigenvalue weighted by Crippen LogP contribution is 2.58. The monoisotopic (exact) mass is 723 g/mol. The van der Waals surface area contributed by atoms with Gasteiger partial charge in [-0.05, 0) is 90.3 Å². The van der Waals surface area contributed by atoms with Gasteiger partial charge < -0.3 is 0 Å². The zero-order valence-electron chi connectivity index (χ0n) is 36.6. The molecule has 1 nitrogen and oxygen atoms in total. The normalized spacial score (nSPS) is 17.4. The van der Waals surface area contributed by atoms with Crippen molar-refractivity contribution < 1.29 is 31.1 Å². The van der Waals surface area contributed by atoms with E-state index >= 15 is 0 Å². The maximum Gasteiger partial charge on any atom is 0.523 e. The molecule has 7 heteroatoms. The summed E-state index contributed by atoms with van der Waals surface area (Å²) < 4.78 is 72.3. The van der Waals surface area contributed by atoms with Crippen LogP contribution in [0.25, 0.3) is 0 Å². The SMILES string of the molecule is C.CC(C)(C)C(C)(C)C.CC(C)(C)C(F)(F)F.CC(C)(C)C1(C)CC1.CC(C)(C)C1(C)CC1.CC(C)(C)OC(F)(F)F.CC(C)C(C)(C)C. The minimum atomic E-state index is -4.52. The quantitative estimate of drug-likeness (QED) is 0.226. The summed E-state index contributed by atoms with van der Waals surface area (Å²) in [4.78, 5) is 0. The Morgan fingerprint density at radius 3 is 0.633 bits per heavy atom. The van der Waals surface area contributed by atoms with E-state index in [1.807, 2.05) is 0 Å². The highest BCUT2D eigenvalue weighted by molar-refractivity contribution is 4.98. The second-order valence-corrected chi connectivity index (χ2v) is 22.0. The second-order valence-electron chi connectivity index (χ2n) is 22.0. The lowest BCUT2D eigenvalue weighted by atomic mass is 9.71. The molecule has 0 amide bonds. The number of alkyl halides is 6. The van der Waals surface area contributed by atoms with Crippen LogP contribution in [0.3, 0.4) is 0 Å². The van der Waals surface area contributed by atoms with Gasteiger partial charge in [0, 0.05) is 0 Å². The lowest BCUT2D eigenvalue weighted by Gasteiger charge is -2.34. The van der Waals surface area contributed by atoms with E-state index in [9.17, 15) is 26.3 Å². The Kier molecular flexibility index (Phi) is 22.5. The van der Waals surface area contributed by atoms with Crippen LogP contribution in [0.4, 0.5) is 26.3 Å². The highest BCUT2D eigenvalue weighted by atomic mass is 19.4. The predicted octanol–water partition coefficient (Wildman–Crippen LogP) is 17.0. The van der Waals surface area contributed by atoms with Crippen LogP contribution in [0, 0.1) is 49.2 Å². The maximum atomic E-state index is 11.6. The molecule has 0 bridgehead atoms. The largest absolute Gasteiger partial charge is 0.523 e. The lowest BCUT2D eigenvalue weighted by Crippen LogP contribution is -2.28. The molecule has 0 N–H and O–H groups in total. The van der Waals surface area contributed by atoms with Crippen LogP contribution in [0.1, 0.15) is 206 Å². The molecule has 0 aromatic rings. The molecule has 0 aliphatic heterocycles. The van der Waals surface area contributed by atoms with E-state index in [2.05, 4.69) is 136 Å². The van der Waals surface area contributed by atoms with E-state index in [4.69, 9.17) is 0 Å². The first kappa shape index (κ1) is 57.9. The minimum absolute atomic E-state index is 0. The van der Waals surface area contributed by atoms with E-state index < -0.39 is 23.6 Å². The molecule has 2 aliphatic carbocycles. The van der Waals surface area contributed by atoms with Crippen molar-refractivity contribution in [3.8, 4) is 0 Å². The number of halogens is 6. The van der Waals surface area contributed by atoms with Gasteiger partial charge in [-0.3, -0.25) is 4.74 Å². The van der Waals surface area contributed by atoms with Crippen molar-refractivity contribution in [1.82, 2.24) is 0 Å². The van der Waals surface area contributed by atoms with Gasteiger partial charge in [-0.15, -0.1) is 13.2 Å². The summed E-state index contributed by atoms with van der Waals surface area (Å²) in [5, 5.41) is 0. The molecule has 2 rings (SSSR count). The summed E-state index contributed by atoms with van der Waals surface area (Å²) in [6.45, 7) is 51.2. The van der Waals surface area contributed by atoms with Crippen LogP contribution >= 0.6 is 0 Å². The van der Waals surface area contributed by atoms with Crippen molar-refractivity contribution in [3.05, 3.63) is 0 Å². The van der Waals surface area contributed by atoms with Crippen LogP contribution in [0.15, 0.2) is 0 Å². The third-order valence-electron chi connectivity index (χ3n) is 10.9. The van der Waals surface area contributed by atoms with Crippen molar-refractivity contribution in [2.75, 3.05) is 0 Å². The summed E-state index contributed by atoms with van der Waals surface area (Å²) in [7, 11) is 0. The average molecular weight is 723 g/mol. The fourth-order valence-electron chi connectivity index (χ4n) is 2.22. The number of hydrogen-bond donors (Lipinski definition) is 0. The molecule has 0 radical (unpaired) electrons. The van der Waals surface area contributed by atoms with Crippen LogP contribution < -0.4 is 0 Å². The van der Waals surface area contributed by atoms with E-state index in [0.29, 0.717) is 37.9 Å². The highest BCUT2D eigenvalue weighted by Gasteiger charge is 2.48. The number of rotatable bonds is 0. The molecule has 2 fully saturated rings. The van der Waals surface area contributed by atoms with E-state index in [-0.39, 0.29) is 7.43 Å². The Bertz CT molecular complexity index is 722. The van der Waals surface area contributed by atoms with E-state index in [1.54, 1.807) is 0 Å². The van der Waals surface area contributed by atoms with Gasteiger partial charge in [0.05, 0.1) is 11.0 Å². The Balaban J connectivity index is -0.000000158. The fraction of sp³-hybridized carbons (Fsp3) is 1.00. The summed E-state index contributed by atoms with van der Waals surface area (Å²) in [6, 6.07) is 0. The lowest BCUT2D eigenvalue weighted by molar-refractivity contribution is -0.358. The summed E-state index contributed by atoms with van der Waals surface area (Å²) >= 11 is 0. The predicted molar refractivity (Wildman–Crippen MR) is 206 cm³/mol. The molecular weight excluding hydrogens is 634 g/mol. The molecular formula is C42H88F6O. The third-order valence-corrected chi connectivity index (χ3v) is 10.9. The molecule has 0 atom stereocenters. The van der Waals surface area contributed by atoms with Gasteiger partial charge in [-0.2, -0.15) is 13.2 Å². The molecule has 49 heavy (non-hydrogen) atoms. The zero-order chi connectivity index (χ0) is 40.6. The van der Waals surface area contributed by atoms with Crippen molar-refractivity contribution >= 4 is 0 Å². The second kappa shape index (κ2) is 19.0. The Labute approximate surface area is 304 Å². The fourth-order valence-corrected chi connectivity index (χ4v) is 2.22. The summed E-state index contributed by atoms with van der Waals surface area (Å²) in [5.41, 5.74) is 1.14. The molecule has 0 heterocycles. The Morgan fingerprint density at radius 2 is 0.633 bits per heavy atom. The van der Waals surface area contributed by atoms with Gasteiger partial charge in [-0.25, -0.2) is 0 Å². The van der Waals surface area contributed by atoms with Crippen molar-refractivity contribution in [3.63, 3.8) is 0 Å². The van der Waals surface area contributed by atoms with Crippen molar-refractivity contribution in [2.24, 2.45) is 49.2 Å².